The van der Waals surface area contributed by atoms with E-state index in [9.17, 15) is 10.1 Å². The summed E-state index contributed by atoms with van der Waals surface area (Å²) in [6, 6.07) is 5.56. The van der Waals surface area contributed by atoms with Gasteiger partial charge in [-0.05, 0) is 18.1 Å². The van der Waals surface area contributed by atoms with Crippen LogP contribution in [0.4, 0.5) is 10.6 Å². The first kappa shape index (κ1) is 21.3. The molecule has 2 fully saturated rings. The Hall–Kier alpha value is -2.98. The summed E-state index contributed by atoms with van der Waals surface area (Å²) in [5.41, 5.74) is 5.41. The third kappa shape index (κ3) is 3.77. The van der Waals surface area contributed by atoms with Gasteiger partial charge in [0.05, 0.1) is 12.3 Å². The standard InChI is InChI=1S/C19H23N5O7/c1-10(2)6-27-17(25)28-8-19(7-20)15-14(29-18(26-3)30-15)13(31-19)11-4-5-12-16(21)22-9-23-24(11)12/h4-5,9-10,13-15,18H,6,8H2,1-3H3,(H2,21,22,23)/t13-,14?,15?,18-,19+/m0/s1. The van der Waals surface area contributed by atoms with Crippen molar-refractivity contribution in [2.75, 3.05) is 26.1 Å². The van der Waals surface area contributed by atoms with Crippen molar-refractivity contribution in [1.29, 1.82) is 5.26 Å². The van der Waals surface area contributed by atoms with Gasteiger partial charge in [0, 0.05) is 7.11 Å². The molecule has 0 spiro atoms. The van der Waals surface area contributed by atoms with Gasteiger partial charge in [-0.3, -0.25) is 0 Å². The van der Waals surface area contributed by atoms with Gasteiger partial charge in [-0.2, -0.15) is 10.4 Å². The highest BCUT2D eigenvalue weighted by Crippen LogP contribution is 2.47. The summed E-state index contributed by atoms with van der Waals surface area (Å²) in [6.45, 7) is 2.56. The maximum atomic E-state index is 12.0. The molecule has 5 atom stereocenters. The number of methoxy groups -OCH3 is 1. The molecule has 2 aliphatic rings. The maximum absolute atomic E-state index is 12.0. The van der Waals surface area contributed by atoms with Gasteiger partial charge in [0.25, 0.3) is 6.48 Å². The van der Waals surface area contributed by atoms with E-state index in [1.165, 1.54) is 13.4 Å². The molecule has 31 heavy (non-hydrogen) atoms. The normalized spacial score (nSPS) is 29.8. The van der Waals surface area contributed by atoms with E-state index >= 15 is 0 Å². The predicted octanol–water partition coefficient (Wildman–Crippen LogP) is 1.17. The molecule has 2 aliphatic heterocycles. The van der Waals surface area contributed by atoms with Crippen molar-refractivity contribution in [3.63, 3.8) is 0 Å². The topological polar surface area (TPSA) is 152 Å². The Bertz CT molecular complexity index is 1010. The first-order chi connectivity index (χ1) is 14.9. The van der Waals surface area contributed by atoms with Crippen LogP contribution in [-0.4, -0.2) is 65.4 Å². The molecule has 2 saturated heterocycles. The van der Waals surface area contributed by atoms with Crippen molar-refractivity contribution in [2.45, 2.75) is 44.2 Å². The van der Waals surface area contributed by atoms with E-state index in [-0.39, 0.29) is 18.3 Å². The summed E-state index contributed by atoms with van der Waals surface area (Å²) in [7, 11) is 1.41. The highest BCUT2D eigenvalue weighted by molar-refractivity contribution is 5.65. The van der Waals surface area contributed by atoms with Crippen LogP contribution in [0.5, 0.6) is 0 Å². The van der Waals surface area contributed by atoms with Gasteiger partial charge in [-0.25, -0.2) is 14.3 Å². The van der Waals surface area contributed by atoms with Crippen LogP contribution in [0.15, 0.2) is 18.5 Å². The van der Waals surface area contributed by atoms with E-state index in [2.05, 4.69) is 16.2 Å². The van der Waals surface area contributed by atoms with Crippen LogP contribution in [0.3, 0.4) is 0 Å². The Labute approximate surface area is 177 Å². The van der Waals surface area contributed by atoms with Gasteiger partial charge >= 0.3 is 6.16 Å². The number of aromatic nitrogens is 3. The van der Waals surface area contributed by atoms with E-state index in [1.807, 2.05) is 13.8 Å². The molecule has 0 bridgehead atoms. The summed E-state index contributed by atoms with van der Waals surface area (Å²) in [5, 5.41) is 14.2. The van der Waals surface area contributed by atoms with E-state index in [4.69, 9.17) is 34.2 Å². The highest BCUT2D eigenvalue weighted by Gasteiger charge is 2.63. The van der Waals surface area contributed by atoms with Crippen molar-refractivity contribution in [2.24, 2.45) is 5.92 Å². The summed E-state index contributed by atoms with van der Waals surface area (Å²) in [5.74, 6) is 0.428. The number of nitrogen functional groups attached to an aromatic ring is 1. The smallest absolute Gasteiger partial charge is 0.434 e. The monoisotopic (exact) mass is 433 g/mol. The lowest BCUT2D eigenvalue weighted by Gasteiger charge is -2.26. The van der Waals surface area contributed by atoms with Crippen LogP contribution in [0.1, 0.15) is 25.6 Å². The number of ether oxygens (including phenoxy) is 6. The highest BCUT2D eigenvalue weighted by atomic mass is 16.9. The summed E-state index contributed by atoms with van der Waals surface area (Å²) >= 11 is 0. The Morgan fingerprint density at radius 3 is 2.90 bits per heavy atom. The number of rotatable bonds is 6. The fourth-order valence-electron chi connectivity index (χ4n) is 3.60. The third-order valence-electron chi connectivity index (χ3n) is 5.04. The maximum Gasteiger partial charge on any atom is 0.508 e. The van der Waals surface area contributed by atoms with Crippen LogP contribution in [0, 0.1) is 17.2 Å². The number of anilines is 1. The van der Waals surface area contributed by atoms with Crippen LogP contribution >= 0.6 is 0 Å². The molecule has 0 aliphatic carbocycles. The zero-order valence-corrected chi connectivity index (χ0v) is 17.3. The van der Waals surface area contributed by atoms with E-state index in [0.29, 0.717) is 11.2 Å². The van der Waals surface area contributed by atoms with Crippen LogP contribution in [0.2, 0.25) is 0 Å². The molecule has 0 radical (unpaired) electrons. The second kappa shape index (κ2) is 8.27. The minimum atomic E-state index is -1.65. The number of hydrogen-bond acceptors (Lipinski definition) is 11. The lowest BCUT2D eigenvalue weighted by Crippen LogP contribution is -2.46. The number of nitriles is 1. The molecule has 2 N–H and O–H groups in total. The van der Waals surface area contributed by atoms with Gasteiger partial charge in [0.1, 0.15) is 42.8 Å². The Balaban J connectivity index is 1.62. The number of carbonyl (C=O) groups excluding carboxylic acids is 1. The van der Waals surface area contributed by atoms with E-state index in [1.54, 1.807) is 16.6 Å². The molecule has 2 aromatic heterocycles. The first-order valence-corrected chi connectivity index (χ1v) is 9.69. The molecular weight excluding hydrogens is 410 g/mol. The SMILES string of the molecule is CO[C@H]1OC2C(O1)[C@@](C#N)(COC(=O)OCC(C)C)O[C@H]2c1ccc2c(N)ncnn12. The lowest BCUT2D eigenvalue weighted by atomic mass is 9.96. The molecule has 166 valence electrons. The molecule has 4 rings (SSSR count). The van der Waals surface area contributed by atoms with E-state index in [0.717, 1.165) is 0 Å². The number of carbonyl (C=O) groups is 1. The molecule has 2 unspecified atom stereocenters. The average molecular weight is 433 g/mol. The van der Waals surface area contributed by atoms with Gasteiger partial charge in [-0.1, -0.05) is 13.8 Å². The van der Waals surface area contributed by atoms with Crippen LogP contribution < -0.4 is 5.73 Å². The Morgan fingerprint density at radius 2 is 2.19 bits per heavy atom. The lowest BCUT2D eigenvalue weighted by molar-refractivity contribution is -0.259. The number of fused-ring (bicyclic) bond motifs is 2. The average Bonchev–Trinajstić information content (AvgIpc) is 3.44. The second-order valence-corrected chi connectivity index (χ2v) is 7.67. The summed E-state index contributed by atoms with van der Waals surface area (Å²) < 4.78 is 34.6. The molecule has 0 amide bonds. The summed E-state index contributed by atoms with van der Waals surface area (Å²) in [6.07, 6.45) is -1.99. The molecule has 2 aromatic rings. The number of hydrogen-bond donors (Lipinski definition) is 1. The van der Waals surface area contributed by atoms with Crippen LogP contribution in [-0.2, 0) is 28.4 Å². The molecular formula is C19H23N5O7. The minimum absolute atomic E-state index is 0.139. The Kier molecular flexibility index (Phi) is 5.67. The quantitative estimate of drug-likeness (QED) is 0.653. The second-order valence-electron chi connectivity index (χ2n) is 7.67. The predicted molar refractivity (Wildman–Crippen MR) is 102 cm³/mol. The third-order valence-corrected chi connectivity index (χ3v) is 5.04. The van der Waals surface area contributed by atoms with Crippen molar-refractivity contribution < 1.29 is 33.2 Å². The number of nitrogens with zero attached hydrogens (tertiary/aromatic N) is 4. The van der Waals surface area contributed by atoms with Gasteiger partial charge < -0.3 is 34.2 Å². The van der Waals surface area contributed by atoms with Crippen molar-refractivity contribution in [3.05, 3.63) is 24.2 Å². The van der Waals surface area contributed by atoms with Crippen LogP contribution in [0.25, 0.3) is 5.52 Å². The zero-order chi connectivity index (χ0) is 22.2. The number of nitrogens with two attached hydrogens (primary N) is 1. The van der Waals surface area contributed by atoms with Gasteiger partial charge in [-0.15, -0.1) is 0 Å². The van der Waals surface area contributed by atoms with Crippen molar-refractivity contribution >= 4 is 17.5 Å². The summed E-state index contributed by atoms with van der Waals surface area (Å²) in [4.78, 5) is 15.9. The largest absolute Gasteiger partial charge is 0.508 e. The minimum Gasteiger partial charge on any atom is -0.434 e. The van der Waals surface area contributed by atoms with Crippen molar-refractivity contribution in [3.8, 4) is 6.07 Å². The van der Waals surface area contributed by atoms with E-state index < -0.39 is 43.2 Å². The zero-order valence-electron chi connectivity index (χ0n) is 17.3. The van der Waals surface area contributed by atoms with Gasteiger partial charge in [0.2, 0.25) is 5.60 Å². The first-order valence-electron chi connectivity index (χ1n) is 9.69. The molecule has 12 nitrogen and oxygen atoms in total. The van der Waals surface area contributed by atoms with Crippen molar-refractivity contribution in [1.82, 2.24) is 14.6 Å². The Morgan fingerprint density at radius 1 is 1.39 bits per heavy atom. The van der Waals surface area contributed by atoms with Gasteiger partial charge in [0.15, 0.2) is 5.82 Å². The molecule has 0 saturated carbocycles. The molecule has 12 heteroatoms. The molecule has 4 heterocycles. The fourth-order valence-corrected chi connectivity index (χ4v) is 3.60. The fraction of sp³-hybridized carbons (Fsp3) is 0.579. The molecule has 0 aromatic carbocycles.